The zero-order valence-electron chi connectivity index (χ0n) is 17.7. The summed E-state index contributed by atoms with van der Waals surface area (Å²) in [6, 6.07) is 16.7. The van der Waals surface area contributed by atoms with Crippen LogP contribution in [0.5, 0.6) is 0 Å². The average molecular weight is 412 g/mol. The monoisotopic (exact) mass is 411 g/mol. The van der Waals surface area contributed by atoms with Crippen molar-refractivity contribution in [2.75, 3.05) is 16.6 Å². The highest BCUT2D eigenvalue weighted by Gasteiger charge is 2.28. The Kier molecular flexibility index (Phi) is 5.74. The normalized spacial score (nSPS) is 21.4. The number of hydrogen-bond donors (Lipinski definition) is 0. The Bertz CT molecular complexity index is 937. The Balaban J connectivity index is 1.40. The number of aryl methyl sites for hydroxylation is 1. The first-order valence-electron chi connectivity index (χ1n) is 11.0. The number of nitrogens with zero attached hydrogens (tertiary/aromatic N) is 1. The molecule has 2 aromatic rings. The highest BCUT2D eigenvalue weighted by Crippen LogP contribution is 2.39. The van der Waals surface area contributed by atoms with Crippen molar-refractivity contribution in [3.05, 3.63) is 54.1 Å². The van der Waals surface area contributed by atoms with Crippen LogP contribution in [-0.4, -0.2) is 20.7 Å². The minimum absolute atomic E-state index is 0.254. The van der Waals surface area contributed by atoms with E-state index in [0.29, 0.717) is 18.4 Å². The molecule has 4 heteroatoms. The maximum absolute atomic E-state index is 12.2. The summed E-state index contributed by atoms with van der Waals surface area (Å²) in [6.45, 7) is 5.38. The molecule has 29 heavy (non-hydrogen) atoms. The van der Waals surface area contributed by atoms with Gasteiger partial charge in [0.15, 0.2) is 0 Å². The number of rotatable bonds is 5. The molecule has 2 aliphatic rings. The third-order valence-electron chi connectivity index (χ3n) is 6.82. The predicted molar refractivity (Wildman–Crippen MR) is 122 cm³/mol. The second kappa shape index (κ2) is 8.14. The summed E-state index contributed by atoms with van der Waals surface area (Å²) >= 11 is 0. The van der Waals surface area contributed by atoms with E-state index in [1.807, 2.05) is 18.2 Å². The van der Waals surface area contributed by atoms with Gasteiger partial charge in [-0.15, -0.1) is 0 Å². The molecule has 0 N–H and O–H groups in total. The van der Waals surface area contributed by atoms with Gasteiger partial charge in [-0.2, -0.15) is 0 Å². The van der Waals surface area contributed by atoms with Gasteiger partial charge in [-0.05, 0) is 85.1 Å². The lowest BCUT2D eigenvalue weighted by Gasteiger charge is -2.34. The van der Waals surface area contributed by atoms with E-state index in [4.69, 9.17) is 0 Å². The number of benzene rings is 2. The van der Waals surface area contributed by atoms with Crippen molar-refractivity contribution in [2.24, 2.45) is 11.3 Å². The van der Waals surface area contributed by atoms with Crippen molar-refractivity contribution in [1.29, 1.82) is 0 Å². The standard InChI is InChI=1S/C25H33NO2S/c1-25(2)15-13-21(14-16-25)8-7-20-9-11-22(12-10-20)23-5-3-6-24(19-23)26-17-4-18-29(26,27)28/h3,5-6,9-12,19,21H,4,7-8,13-18H2,1-2H3. The molecular weight excluding hydrogens is 378 g/mol. The SMILES string of the molecule is CC1(C)CCC(CCc2ccc(-c3cccc(N4CCCS4(=O)=O)c3)cc2)CC1. The lowest BCUT2D eigenvalue weighted by molar-refractivity contribution is 0.185. The average Bonchev–Trinajstić information content (AvgIpc) is 3.07. The zero-order chi connectivity index (χ0) is 20.5. The molecule has 0 spiro atoms. The molecule has 0 bridgehead atoms. The molecule has 4 rings (SSSR count). The van der Waals surface area contributed by atoms with Gasteiger partial charge < -0.3 is 0 Å². The highest BCUT2D eigenvalue weighted by atomic mass is 32.2. The van der Waals surface area contributed by atoms with Crippen molar-refractivity contribution in [3.8, 4) is 11.1 Å². The van der Waals surface area contributed by atoms with Crippen LogP contribution in [0.25, 0.3) is 11.1 Å². The largest absolute Gasteiger partial charge is 0.270 e. The van der Waals surface area contributed by atoms with Crippen LogP contribution in [0, 0.1) is 11.3 Å². The molecule has 0 radical (unpaired) electrons. The van der Waals surface area contributed by atoms with Gasteiger partial charge in [0.05, 0.1) is 11.4 Å². The van der Waals surface area contributed by atoms with Crippen molar-refractivity contribution < 1.29 is 8.42 Å². The zero-order valence-corrected chi connectivity index (χ0v) is 18.5. The van der Waals surface area contributed by atoms with Crippen LogP contribution in [0.3, 0.4) is 0 Å². The molecule has 0 atom stereocenters. The molecular formula is C25H33NO2S. The molecule has 0 amide bonds. The van der Waals surface area contributed by atoms with Gasteiger partial charge in [0, 0.05) is 6.54 Å². The second-order valence-corrected chi connectivity index (χ2v) is 11.6. The van der Waals surface area contributed by atoms with Crippen molar-refractivity contribution in [3.63, 3.8) is 0 Å². The maximum atomic E-state index is 12.2. The van der Waals surface area contributed by atoms with Crippen molar-refractivity contribution >= 4 is 15.7 Å². The van der Waals surface area contributed by atoms with Gasteiger partial charge in [-0.25, -0.2) is 8.42 Å². The van der Waals surface area contributed by atoms with Crippen LogP contribution in [-0.2, 0) is 16.4 Å². The number of hydrogen-bond acceptors (Lipinski definition) is 2. The minimum atomic E-state index is -3.14. The summed E-state index contributed by atoms with van der Waals surface area (Å²) < 4.78 is 26.0. The summed E-state index contributed by atoms with van der Waals surface area (Å²) in [5.74, 6) is 1.13. The third-order valence-corrected chi connectivity index (χ3v) is 8.69. The molecule has 1 heterocycles. The highest BCUT2D eigenvalue weighted by molar-refractivity contribution is 7.93. The molecule has 0 unspecified atom stereocenters. The van der Waals surface area contributed by atoms with E-state index in [-0.39, 0.29) is 5.75 Å². The van der Waals surface area contributed by atoms with Crippen LogP contribution in [0.15, 0.2) is 48.5 Å². The van der Waals surface area contributed by atoms with Crippen LogP contribution >= 0.6 is 0 Å². The summed E-state index contributed by atoms with van der Waals surface area (Å²) in [6.07, 6.45) is 8.61. The smallest absolute Gasteiger partial charge is 0.235 e. The van der Waals surface area contributed by atoms with E-state index < -0.39 is 10.0 Å². The summed E-state index contributed by atoms with van der Waals surface area (Å²) in [4.78, 5) is 0. The molecule has 1 saturated carbocycles. The van der Waals surface area contributed by atoms with Crippen molar-refractivity contribution in [1.82, 2.24) is 0 Å². The van der Waals surface area contributed by atoms with Gasteiger partial charge in [0.1, 0.15) is 0 Å². The Morgan fingerprint density at radius 2 is 1.72 bits per heavy atom. The lowest BCUT2D eigenvalue weighted by atomic mass is 9.72. The van der Waals surface area contributed by atoms with Gasteiger partial charge in [-0.1, -0.05) is 50.2 Å². The molecule has 0 aromatic heterocycles. The molecule has 1 saturated heterocycles. The Labute approximate surface area is 176 Å². The first kappa shape index (κ1) is 20.5. The van der Waals surface area contributed by atoms with Crippen LogP contribution < -0.4 is 4.31 Å². The molecule has 156 valence electrons. The number of anilines is 1. The summed E-state index contributed by atoms with van der Waals surface area (Å²) in [5.41, 5.74) is 4.94. The summed E-state index contributed by atoms with van der Waals surface area (Å²) in [7, 11) is -3.14. The molecule has 1 aliphatic heterocycles. The van der Waals surface area contributed by atoms with Gasteiger partial charge in [0.25, 0.3) is 0 Å². The number of sulfonamides is 1. The maximum Gasteiger partial charge on any atom is 0.235 e. The predicted octanol–water partition coefficient (Wildman–Crippen LogP) is 6.04. The fourth-order valence-electron chi connectivity index (χ4n) is 4.75. The van der Waals surface area contributed by atoms with Gasteiger partial charge in [-0.3, -0.25) is 4.31 Å². The van der Waals surface area contributed by atoms with Crippen LogP contribution in [0.4, 0.5) is 5.69 Å². The molecule has 1 aliphatic carbocycles. The van der Waals surface area contributed by atoms with E-state index in [2.05, 4.69) is 44.2 Å². The third kappa shape index (κ3) is 4.85. The van der Waals surface area contributed by atoms with Gasteiger partial charge >= 0.3 is 0 Å². The minimum Gasteiger partial charge on any atom is -0.270 e. The first-order valence-corrected chi connectivity index (χ1v) is 12.6. The van der Waals surface area contributed by atoms with Crippen LogP contribution in [0.1, 0.15) is 57.9 Å². The first-order chi connectivity index (χ1) is 13.8. The fourth-order valence-corrected chi connectivity index (χ4v) is 6.31. The molecule has 2 aromatic carbocycles. The van der Waals surface area contributed by atoms with Crippen molar-refractivity contribution in [2.45, 2.75) is 58.8 Å². The fraction of sp³-hybridized carbons (Fsp3) is 0.520. The quantitative estimate of drug-likeness (QED) is 0.601. The Morgan fingerprint density at radius 1 is 1.00 bits per heavy atom. The molecule has 2 fully saturated rings. The summed E-state index contributed by atoms with van der Waals surface area (Å²) in [5, 5.41) is 0. The van der Waals surface area contributed by atoms with E-state index >= 15 is 0 Å². The Hall–Kier alpha value is -1.81. The van der Waals surface area contributed by atoms with E-state index in [1.165, 1.54) is 37.7 Å². The van der Waals surface area contributed by atoms with Gasteiger partial charge in [0.2, 0.25) is 10.0 Å². The van der Waals surface area contributed by atoms with E-state index in [0.717, 1.165) is 29.2 Å². The van der Waals surface area contributed by atoms with Crippen LogP contribution in [0.2, 0.25) is 0 Å². The second-order valence-electron chi connectivity index (χ2n) is 9.64. The lowest BCUT2D eigenvalue weighted by Crippen LogP contribution is -2.24. The Morgan fingerprint density at radius 3 is 2.38 bits per heavy atom. The van der Waals surface area contributed by atoms with E-state index in [1.54, 1.807) is 4.31 Å². The van der Waals surface area contributed by atoms with E-state index in [9.17, 15) is 8.42 Å². The topological polar surface area (TPSA) is 37.4 Å². The molecule has 3 nitrogen and oxygen atoms in total.